The fourth-order valence-corrected chi connectivity index (χ4v) is 0.973. The summed E-state index contributed by atoms with van der Waals surface area (Å²) in [4.78, 5) is 24.4. The number of hydrogen-bond acceptors (Lipinski definition) is 3. The van der Waals surface area contributed by atoms with Crippen LogP contribution >= 0.6 is 0 Å². The van der Waals surface area contributed by atoms with E-state index in [4.69, 9.17) is 11.1 Å². The van der Waals surface area contributed by atoms with Gasteiger partial charge in [0.25, 0.3) is 11.7 Å². The van der Waals surface area contributed by atoms with Crippen LogP contribution in [0, 0.1) is 0 Å². The number of hydrogen-bond donors (Lipinski definition) is 2. The molecule has 1 atom stereocenters. The molecule has 1 aliphatic rings. The molecule has 0 spiro atoms. The predicted molar refractivity (Wildman–Crippen MR) is 40.8 cm³/mol. The lowest BCUT2D eigenvalue weighted by Crippen LogP contribution is -2.70. The van der Waals surface area contributed by atoms with Crippen LogP contribution in [0.15, 0.2) is 0 Å². The molecule has 1 fully saturated rings. The molecule has 6 nitrogen and oxygen atoms in total. The number of nitrogens with two attached hydrogens (primary N) is 2. The molecule has 0 aliphatic carbocycles. The fourth-order valence-electron chi connectivity index (χ4n) is 0.973. The zero-order valence-electron chi connectivity index (χ0n) is 6.94. The van der Waals surface area contributed by atoms with E-state index in [0.29, 0.717) is 0 Å². The summed E-state index contributed by atoms with van der Waals surface area (Å²) in [5.41, 5.74) is 5.42. The van der Waals surface area contributed by atoms with Gasteiger partial charge >= 0.3 is 6.03 Å². The van der Waals surface area contributed by atoms with Gasteiger partial charge in [-0.3, -0.25) is 10.2 Å². The van der Waals surface area contributed by atoms with Gasteiger partial charge < -0.3 is 5.73 Å². The van der Waals surface area contributed by atoms with E-state index in [-0.39, 0.29) is 5.84 Å². The van der Waals surface area contributed by atoms with Crippen LogP contribution in [0.25, 0.3) is 0 Å². The van der Waals surface area contributed by atoms with Crippen LogP contribution in [0.3, 0.4) is 0 Å². The van der Waals surface area contributed by atoms with Crippen LogP contribution in [0.5, 0.6) is 0 Å². The third-order valence-electron chi connectivity index (χ3n) is 1.88. The maximum Gasteiger partial charge on any atom is 0.417 e. The van der Waals surface area contributed by atoms with Gasteiger partial charge in [0.05, 0.1) is 7.05 Å². The average molecular weight is 171 g/mol. The molecule has 0 aromatic rings. The van der Waals surface area contributed by atoms with Crippen molar-refractivity contribution < 1.29 is 15.0 Å². The van der Waals surface area contributed by atoms with E-state index in [0.717, 1.165) is 9.80 Å². The number of amidine groups is 1. The Hall–Kier alpha value is -1.43. The van der Waals surface area contributed by atoms with Crippen LogP contribution in [0.1, 0.15) is 0 Å². The van der Waals surface area contributed by atoms with Crippen LogP contribution in [0.2, 0.25) is 0 Å². The van der Waals surface area contributed by atoms with Crippen LogP contribution < -0.4 is 11.1 Å². The summed E-state index contributed by atoms with van der Waals surface area (Å²) in [5.74, 6) is -0.390. The normalized spacial score (nSPS) is 25.2. The lowest BCUT2D eigenvalue weighted by Gasteiger charge is -2.26. The fraction of sp³-hybridized carbons (Fsp3) is 0.500. The molecule has 1 saturated heterocycles. The molecule has 0 aromatic carbocycles. The van der Waals surface area contributed by atoms with Crippen molar-refractivity contribution in [3.63, 3.8) is 0 Å². The van der Waals surface area contributed by atoms with Crippen molar-refractivity contribution in [2.75, 3.05) is 14.1 Å². The first-order valence-corrected chi connectivity index (χ1v) is 3.40. The molecule has 6 heteroatoms. The quantitative estimate of drug-likeness (QED) is 0.406. The standard InChI is InChI=1S/C6H10N4O2/c1-9-4(8)3(7)5(11)10(2)6(9)12/h3,8H,7H2,1-2H3/p+1. The monoisotopic (exact) mass is 171 g/mol. The number of rotatable bonds is 0. The van der Waals surface area contributed by atoms with Gasteiger partial charge in [-0.25, -0.2) is 9.69 Å². The van der Waals surface area contributed by atoms with E-state index < -0.39 is 18.0 Å². The summed E-state index contributed by atoms with van der Waals surface area (Å²) in [6.45, 7) is 0. The maximum atomic E-state index is 11.2. The zero-order chi connectivity index (χ0) is 9.46. The van der Waals surface area contributed by atoms with Crippen molar-refractivity contribution in [1.29, 1.82) is 0 Å². The summed E-state index contributed by atoms with van der Waals surface area (Å²) < 4.78 is 0. The first-order valence-electron chi connectivity index (χ1n) is 3.40. The molecule has 12 heavy (non-hydrogen) atoms. The highest BCUT2D eigenvalue weighted by molar-refractivity contribution is 6.18. The van der Waals surface area contributed by atoms with Gasteiger partial charge in [-0.2, -0.15) is 4.90 Å². The van der Waals surface area contributed by atoms with Gasteiger partial charge in [-0.05, 0) is 0 Å². The number of likely N-dealkylation sites (N-methyl/N-ethyl adjacent to an activating group) is 2. The Morgan fingerprint density at radius 2 is 1.83 bits per heavy atom. The van der Waals surface area contributed by atoms with Gasteiger partial charge in [-0.15, -0.1) is 0 Å². The molecule has 1 rings (SSSR count). The Labute approximate surface area is 69.4 Å². The predicted octanol–water partition coefficient (Wildman–Crippen LogP) is -3.00. The second-order valence-corrected chi connectivity index (χ2v) is 2.64. The second-order valence-electron chi connectivity index (χ2n) is 2.64. The Morgan fingerprint density at radius 3 is 2.33 bits per heavy atom. The summed E-state index contributed by atoms with van der Waals surface area (Å²) in [6, 6.07) is -1.36. The third kappa shape index (κ3) is 0.964. The van der Waals surface area contributed by atoms with E-state index in [1.54, 1.807) is 0 Å². The minimum atomic E-state index is -0.905. The first-order chi connectivity index (χ1) is 5.46. The molecule has 4 N–H and O–H groups in total. The third-order valence-corrected chi connectivity index (χ3v) is 1.88. The number of carbonyl (C=O) groups is 2. The molecule has 1 heterocycles. The van der Waals surface area contributed by atoms with Crippen molar-refractivity contribution in [3.8, 4) is 0 Å². The Bertz CT molecular complexity index is 201. The van der Waals surface area contributed by atoms with Crippen LogP contribution in [0.4, 0.5) is 4.79 Å². The molecule has 1 aliphatic heterocycles. The van der Waals surface area contributed by atoms with Gasteiger partial charge in [0, 0.05) is 7.05 Å². The molecule has 0 radical (unpaired) electrons. The van der Waals surface area contributed by atoms with E-state index in [2.05, 4.69) is 0 Å². The molecule has 0 bridgehead atoms. The van der Waals surface area contributed by atoms with Gasteiger partial charge in [0.1, 0.15) is 0 Å². The molecule has 0 aromatic heterocycles. The highest BCUT2D eigenvalue weighted by atomic mass is 16.2. The van der Waals surface area contributed by atoms with Crippen LogP contribution in [-0.4, -0.2) is 47.7 Å². The first kappa shape index (κ1) is 8.66. The van der Waals surface area contributed by atoms with E-state index in [1.807, 2.05) is 0 Å². The second kappa shape index (κ2) is 2.56. The Balaban J connectivity index is 2.99. The molecular weight excluding hydrogens is 160 g/mol. The van der Waals surface area contributed by atoms with Crippen molar-refractivity contribution >= 4 is 17.8 Å². The summed E-state index contributed by atoms with van der Waals surface area (Å²) >= 11 is 0. The maximum absolute atomic E-state index is 11.2. The lowest BCUT2D eigenvalue weighted by atomic mass is 10.2. The highest BCUT2D eigenvalue weighted by Crippen LogP contribution is 2.05. The van der Waals surface area contributed by atoms with Crippen molar-refractivity contribution in [2.24, 2.45) is 5.73 Å². The molecule has 0 saturated carbocycles. The van der Waals surface area contributed by atoms with Crippen molar-refractivity contribution in [2.45, 2.75) is 6.04 Å². The number of carbonyl (C=O) groups excluding carboxylic acids is 2. The summed E-state index contributed by atoms with van der Waals surface area (Å²) in [7, 11) is 2.84. The molecular formula is C6H11N4O2+. The van der Waals surface area contributed by atoms with Crippen molar-refractivity contribution in [1.82, 2.24) is 9.80 Å². The van der Waals surface area contributed by atoms with Crippen LogP contribution in [-0.2, 0) is 4.79 Å². The average Bonchev–Trinajstić information content (AvgIpc) is 2.08. The Kier molecular flexibility index (Phi) is 1.85. The van der Waals surface area contributed by atoms with Crippen molar-refractivity contribution in [3.05, 3.63) is 0 Å². The van der Waals surface area contributed by atoms with Gasteiger partial charge in [0.15, 0.2) is 6.04 Å². The van der Waals surface area contributed by atoms with Gasteiger partial charge in [-0.1, -0.05) is 0 Å². The minimum absolute atomic E-state index is 0.0862. The zero-order valence-corrected chi connectivity index (χ0v) is 6.94. The molecule has 1 unspecified atom stereocenters. The largest absolute Gasteiger partial charge is 0.417 e. The number of urea groups is 1. The topological polar surface area (TPSA) is 92.2 Å². The summed E-state index contributed by atoms with van der Waals surface area (Å²) in [6.07, 6.45) is 0. The number of amides is 3. The number of nitrogens with zero attached hydrogens (tertiary/aromatic N) is 2. The molecule has 3 amide bonds. The van der Waals surface area contributed by atoms with Gasteiger partial charge in [0.2, 0.25) is 0 Å². The van der Waals surface area contributed by atoms with E-state index in [9.17, 15) is 9.59 Å². The highest BCUT2D eigenvalue weighted by Gasteiger charge is 2.43. The minimum Gasteiger partial charge on any atom is -0.310 e. The van der Waals surface area contributed by atoms with E-state index >= 15 is 0 Å². The SMILES string of the molecule is CN1C(=[NH2+])C(N)C(=O)N(C)C1=O. The molecule has 66 valence electrons. The lowest BCUT2D eigenvalue weighted by molar-refractivity contribution is -0.143. The Morgan fingerprint density at radius 1 is 1.33 bits per heavy atom. The summed E-state index contributed by atoms with van der Waals surface area (Å²) in [5, 5.41) is 5.41. The smallest absolute Gasteiger partial charge is 0.310 e. The van der Waals surface area contributed by atoms with E-state index in [1.165, 1.54) is 14.1 Å². The number of imide groups is 1.